The van der Waals surface area contributed by atoms with Crippen LogP contribution in [0.25, 0.3) is 22.2 Å². The number of hydrogen-bond acceptors (Lipinski definition) is 6. The average molecular weight is 420 g/mol. The molecule has 2 aromatic carbocycles. The zero-order chi connectivity index (χ0) is 21.5. The second kappa shape index (κ2) is 7.73. The number of nitrogens with one attached hydrogen (secondary N) is 1. The smallest absolute Gasteiger partial charge is 0.164 e. The maximum absolute atomic E-state index is 13.5. The molecule has 158 valence electrons. The molecule has 1 saturated heterocycles. The zero-order valence-electron chi connectivity index (χ0n) is 16.7. The Morgan fingerprint density at radius 1 is 1.00 bits per heavy atom. The molecule has 1 aliphatic rings. The number of para-hydroxylation sites is 1. The van der Waals surface area contributed by atoms with E-state index in [0.29, 0.717) is 16.9 Å². The van der Waals surface area contributed by atoms with Gasteiger partial charge in [-0.3, -0.25) is 0 Å². The Balaban J connectivity index is 1.70. The lowest BCUT2D eigenvalue weighted by molar-refractivity contribution is -0.0295. The van der Waals surface area contributed by atoms with E-state index in [1.54, 1.807) is 29.8 Å². The molecule has 5 rings (SSSR count). The third kappa shape index (κ3) is 3.44. The first-order valence-electron chi connectivity index (χ1n) is 9.98. The van der Waals surface area contributed by atoms with Gasteiger partial charge in [-0.05, 0) is 36.8 Å². The molecule has 4 atom stereocenters. The van der Waals surface area contributed by atoms with Crippen molar-refractivity contribution in [3.63, 3.8) is 0 Å². The first-order chi connectivity index (χ1) is 15.0. The summed E-state index contributed by atoms with van der Waals surface area (Å²) in [6, 6.07) is 15.7. The molecule has 7 nitrogen and oxygen atoms in total. The molecular weight excluding hydrogens is 399 g/mol. The van der Waals surface area contributed by atoms with Crippen LogP contribution in [0.2, 0.25) is 0 Å². The van der Waals surface area contributed by atoms with Crippen molar-refractivity contribution in [3.05, 3.63) is 72.9 Å². The molecule has 1 aliphatic heterocycles. The van der Waals surface area contributed by atoms with Crippen LogP contribution in [0, 0.1) is 5.82 Å². The maximum atomic E-state index is 13.5. The van der Waals surface area contributed by atoms with E-state index in [1.165, 1.54) is 18.5 Å². The predicted molar refractivity (Wildman–Crippen MR) is 114 cm³/mol. The van der Waals surface area contributed by atoms with Crippen molar-refractivity contribution < 1.29 is 19.3 Å². The quantitative estimate of drug-likeness (QED) is 0.467. The second-order valence-corrected chi connectivity index (χ2v) is 7.58. The van der Waals surface area contributed by atoms with Crippen molar-refractivity contribution in [3.8, 4) is 11.1 Å². The molecule has 8 heteroatoms. The van der Waals surface area contributed by atoms with E-state index in [0.717, 1.165) is 16.8 Å². The molecular formula is C23H21FN4O3. The minimum atomic E-state index is -1.12. The number of aromatic nitrogens is 3. The Hall–Kier alpha value is -3.33. The summed E-state index contributed by atoms with van der Waals surface area (Å²) in [6.07, 6.45) is -0.259. The standard InChI is InChI=1S/C23H21FN4O3/c1-13-19(29)20(30)23(31-13)28-11-17(14-7-9-15(24)10-8-14)18-21(25-12-26-22(18)28)27-16-5-3-2-4-6-16/h2-13,19-20,23,29-30H,1H3,(H,25,26,27)/t13-,19-,20-,23-/m1/s1. The Labute approximate surface area is 177 Å². The van der Waals surface area contributed by atoms with Gasteiger partial charge >= 0.3 is 0 Å². The summed E-state index contributed by atoms with van der Waals surface area (Å²) < 4.78 is 21.1. The molecule has 0 unspecified atom stereocenters. The molecule has 0 amide bonds. The fourth-order valence-electron chi connectivity index (χ4n) is 3.94. The van der Waals surface area contributed by atoms with Crippen LogP contribution in [0.15, 0.2) is 67.1 Å². The molecule has 3 heterocycles. The summed E-state index contributed by atoms with van der Waals surface area (Å²) in [7, 11) is 0. The van der Waals surface area contributed by atoms with Gasteiger partial charge in [0.1, 0.15) is 35.8 Å². The van der Waals surface area contributed by atoms with Gasteiger partial charge in [0.15, 0.2) is 6.23 Å². The molecule has 31 heavy (non-hydrogen) atoms. The lowest BCUT2D eigenvalue weighted by atomic mass is 10.1. The number of nitrogens with zero attached hydrogens (tertiary/aromatic N) is 3. The van der Waals surface area contributed by atoms with Crippen molar-refractivity contribution in [1.82, 2.24) is 14.5 Å². The second-order valence-electron chi connectivity index (χ2n) is 7.58. The third-order valence-electron chi connectivity index (χ3n) is 5.55. The van der Waals surface area contributed by atoms with E-state index < -0.39 is 24.5 Å². The van der Waals surface area contributed by atoms with Crippen molar-refractivity contribution >= 4 is 22.5 Å². The highest BCUT2D eigenvalue weighted by Gasteiger charge is 2.42. The van der Waals surface area contributed by atoms with Crippen LogP contribution in [0.5, 0.6) is 0 Å². The van der Waals surface area contributed by atoms with Crippen molar-refractivity contribution in [2.24, 2.45) is 0 Å². The molecule has 0 radical (unpaired) electrons. The largest absolute Gasteiger partial charge is 0.388 e. The number of ether oxygens (including phenoxy) is 1. The van der Waals surface area contributed by atoms with Gasteiger partial charge in [-0.25, -0.2) is 14.4 Å². The van der Waals surface area contributed by atoms with E-state index in [1.807, 2.05) is 30.3 Å². The Bertz CT molecular complexity index is 1210. The molecule has 0 aliphatic carbocycles. The monoisotopic (exact) mass is 420 g/mol. The van der Waals surface area contributed by atoms with Gasteiger partial charge < -0.3 is 24.8 Å². The van der Waals surface area contributed by atoms with Crippen LogP contribution < -0.4 is 5.32 Å². The fourth-order valence-corrected chi connectivity index (χ4v) is 3.94. The van der Waals surface area contributed by atoms with Crippen LogP contribution in [-0.4, -0.2) is 43.1 Å². The number of rotatable bonds is 4. The highest BCUT2D eigenvalue weighted by molar-refractivity contribution is 6.02. The minimum Gasteiger partial charge on any atom is -0.388 e. The average Bonchev–Trinajstić information content (AvgIpc) is 3.29. The summed E-state index contributed by atoms with van der Waals surface area (Å²) in [5.41, 5.74) is 2.88. The van der Waals surface area contributed by atoms with Crippen LogP contribution in [-0.2, 0) is 4.74 Å². The van der Waals surface area contributed by atoms with Crippen LogP contribution in [0.3, 0.4) is 0 Å². The summed E-state index contributed by atoms with van der Waals surface area (Å²) in [5.74, 6) is 0.230. The van der Waals surface area contributed by atoms with Gasteiger partial charge in [0.05, 0.1) is 11.5 Å². The highest BCUT2D eigenvalue weighted by Crippen LogP contribution is 2.39. The topological polar surface area (TPSA) is 92.4 Å². The van der Waals surface area contributed by atoms with Gasteiger partial charge in [0.25, 0.3) is 0 Å². The number of benzene rings is 2. The van der Waals surface area contributed by atoms with Gasteiger partial charge in [0.2, 0.25) is 0 Å². The van der Waals surface area contributed by atoms with Gasteiger partial charge in [0, 0.05) is 17.4 Å². The van der Waals surface area contributed by atoms with Gasteiger partial charge in [-0.15, -0.1) is 0 Å². The van der Waals surface area contributed by atoms with Gasteiger partial charge in [-0.2, -0.15) is 0 Å². The summed E-state index contributed by atoms with van der Waals surface area (Å²) in [6.45, 7) is 1.71. The van der Waals surface area contributed by atoms with Crippen LogP contribution in [0.1, 0.15) is 13.2 Å². The first kappa shape index (κ1) is 19.6. The number of aliphatic hydroxyl groups is 2. The van der Waals surface area contributed by atoms with Gasteiger partial charge in [-0.1, -0.05) is 30.3 Å². The minimum absolute atomic E-state index is 0.335. The lowest BCUT2D eigenvalue weighted by Crippen LogP contribution is -2.30. The SMILES string of the molecule is C[C@H]1O[C@@H](n2cc(-c3ccc(F)cc3)c3c(Nc4ccccc4)ncnc32)[C@H](O)[C@@H]1O. The molecule has 0 bridgehead atoms. The highest BCUT2D eigenvalue weighted by atomic mass is 19.1. The summed E-state index contributed by atoms with van der Waals surface area (Å²) in [4.78, 5) is 8.87. The number of halogens is 1. The molecule has 0 spiro atoms. The Kier molecular flexibility index (Phi) is 4.90. The Morgan fingerprint density at radius 2 is 1.74 bits per heavy atom. The van der Waals surface area contributed by atoms with Crippen molar-refractivity contribution in [2.45, 2.75) is 31.5 Å². The van der Waals surface area contributed by atoms with E-state index in [2.05, 4.69) is 15.3 Å². The van der Waals surface area contributed by atoms with Crippen LogP contribution >= 0.6 is 0 Å². The lowest BCUT2D eigenvalue weighted by Gasteiger charge is -2.17. The van der Waals surface area contributed by atoms with E-state index in [-0.39, 0.29) is 5.82 Å². The van der Waals surface area contributed by atoms with E-state index in [4.69, 9.17) is 4.74 Å². The fraction of sp³-hybridized carbons (Fsp3) is 0.217. The van der Waals surface area contributed by atoms with Crippen molar-refractivity contribution in [2.75, 3.05) is 5.32 Å². The molecule has 0 saturated carbocycles. The van der Waals surface area contributed by atoms with E-state index >= 15 is 0 Å². The predicted octanol–water partition coefficient (Wildman–Crippen LogP) is 3.62. The molecule has 4 aromatic rings. The molecule has 1 fully saturated rings. The van der Waals surface area contributed by atoms with Crippen molar-refractivity contribution in [1.29, 1.82) is 0 Å². The number of hydrogen-bond donors (Lipinski definition) is 3. The summed E-state index contributed by atoms with van der Waals surface area (Å²) >= 11 is 0. The Morgan fingerprint density at radius 3 is 2.42 bits per heavy atom. The number of aliphatic hydroxyl groups excluding tert-OH is 2. The number of anilines is 2. The number of fused-ring (bicyclic) bond motifs is 1. The molecule has 2 aromatic heterocycles. The summed E-state index contributed by atoms with van der Waals surface area (Å²) in [5, 5.41) is 24.8. The molecule has 3 N–H and O–H groups in total. The van der Waals surface area contributed by atoms with Crippen LogP contribution in [0.4, 0.5) is 15.9 Å². The first-order valence-corrected chi connectivity index (χ1v) is 9.98. The third-order valence-corrected chi connectivity index (χ3v) is 5.55. The zero-order valence-corrected chi connectivity index (χ0v) is 16.7. The normalized spacial score (nSPS) is 23.4. The van der Waals surface area contributed by atoms with E-state index in [9.17, 15) is 14.6 Å². The maximum Gasteiger partial charge on any atom is 0.164 e.